The van der Waals surface area contributed by atoms with Gasteiger partial charge in [0, 0.05) is 37.5 Å². The lowest BCUT2D eigenvalue weighted by Crippen LogP contribution is -2.59. The fourth-order valence-corrected chi connectivity index (χ4v) is 8.77. The van der Waals surface area contributed by atoms with Gasteiger partial charge in [0.1, 0.15) is 41.2 Å². The number of ether oxygens (including phenoxy) is 2. The van der Waals surface area contributed by atoms with E-state index in [0.717, 1.165) is 24.8 Å². The molecule has 2 saturated heterocycles. The van der Waals surface area contributed by atoms with Crippen LogP contribution in [0.1, 0.15) is 95.2 Å². The first kappa shape index (κ1) is 41.7. The predicted molar refractivity (Wildman–Crippen MR) is 213 cm³/mol. The molecule has 4 aliphatic heterocycles. The number of nitrogens with zero attached hydrogens (tertiary/aromatic N) is 3. The van der Waals surface area contributed by atoms with E-state index in [4.69, 9.17) is 9.47 Å². The largest absolute Gasteiger partial charge is 0.444 e. The molecule has 316 valence electrons. The normalized spacial score (nSPS) is 27.6. The molecule has 2 aromatic carbocycles. The Labute approximate surface area is 344 Å². The third-order valence-corrected chi connectivity index (χ3v) is 11.9. The van der Waals surface area contributed by atoms with Crippen LogP contribution in [0.3, 0.4) is 0 Å². The highest BCUT2D eigenvalue weighted by molar-refractivity contribution is 6.00. The molecule has 14 nitrogen and oxygen atoms in total. The number of rotatable bonds is 6. The van der Waals surface area contributed by atoms with Crippen molar-refractivity contribution in [1.82, 2.24) is 30.7 Å². The third kappa shape index (κ3) is 9.55. The highest BCUT2D eigenvalue weighted by Gasteiger charge is 2.63. The Balaban J connectivity index is 1.12. The Morgan fingerprint density at radius 1 is 0.966 bits per heavy atom. The Kier molecular flexibility index (Phi) is 12.3. The van der Waals surface area contributed by atoms with E-state index in [9.17, 15) is 33.2 Å². The average molecular weight is 815 g/mol. The quantitative estimate of drug-likeness (QED) is 0.349. The standard InChI is InChI=1S/C44H55FN6O8/c1-43(2,3)59-41(56)47-34-19-11-6-4-5-10-17-30-23-44(30,40(55)50-21-13-20-35(50)37(52)46-24-28-14-8-7-9-15-28)48-38(53)36-22-31(26-51(36)39(34)54)58-42(57)49-25-29-16-12-18-33(45)32(29)27-49/h7-10,12,14-18,30-31,34-36H,4-6,11,13,19-27H2,1-3H3,(H,46,52)(H,47,56)(H,48,53)/b17-10-/t30-,31-,34+,35-,36+,44-/m1/s1. The summed E-state index contributed by atoms with van der Waals surface area (Å²) in [4.78, 5) is 88.2. The van der Waals surface area contributed by atoms with E-state index in [-0.39, 0.29) is 50.2 Å². The molecule has 4 heterocycles. The molecule has 5 aliphatic rings. The monoisotopic (exact) mass is 814 g/mol. The molecule has 6 atom stereocenters. The van der Waals surface area contributed by atoms with Crippen molar-refractivity contribution in [3.8, 4) is 0 Å². The van der Waals surface area contributed by atoms with Crippen molar-refractivity contribution >= 4 is 35.8 Å². The van der Waals surface area contributed by atoms with E-state index in [0.29, 0.717) is 49.9 Å². The number of carbonyl (C=O) groups is 6. The van der Waals surface area contributed by atoms with Crippen molar-refractivity contribution in [3.05, 3.63) is 83.2 Å². The maximum Gasteiger partial charge on any atom is 0.410 e. The van der Waals surface area contributed by atoms with E-state index in [1.54, 1.807) is 37.8 Å². The van der Waals surface area contributed by atoms with Gasteiger partial charge in [0.15, 0.2) is 0 Å². The Morgan fingerprint density at radius 2 is 1.76 bits per heavy atom. The predicted octanol–water partition coefficient (Wildman–Crippen LogP) is 4.84. The molecule has 0 aromatic heterocycles. The van der Waals surface area contributed by atoms with Crippen molar-refractivity contribution in [1.29, 1.82) is 0 Å². The number of amides is 6. The van der Waals surface area contributed by atoms with Crippen molar-refractivity contribution in [2.75, 3.05) is 13.1 Å². The number of alkyl carbamates (subject to hydrolysis) is 1. The summed E-state index contributed by atoms with van der Waals surface area (Å²) in [6, 6.07) is 11.2. The van der Waals surface area contributed by atoms with Gasteiger partial charge in [-0.15, -0.1) is 0 Å². The van der Waals surface area contributed by atoms with Crippen LogP contribution in [0.15, 0.2) is 60.7 Å². The Hall–Kier alpha value is -5.47. The molecule has 0 unspecified atom stereocenters. The van der Waals surface area contributed by atoms with Gasteiger partial charge in [-0.2, -0.15) is 0 Å². The van der Waals surface area contributed by atoms with Crippen LogP contribution in [-0.2, 0) is 48.3 Å². The Morgan fingerprint density at radius 3 is 2.53 bits per heavy atom. The summed E-state index contributed by atoms with van der Waals surface area (Å²) in [6.07, 6.45) is 6.07. The maximum absolute atomic E-state index is 14.7. The SMILES string of the molecule is CC(C)(C)OC(=O)N[C@H]1CCCCC/C=C\[C@@H]2C[C@@]2(C(=O)N2CCC[C@@H]2C(=O)NCc2ccccc2)NC(=O)[C@@H]2C[C@@H](OC(=O)N3Cc4cccc(F)c4C3)CN2C1=O. The number of nitrogens with one attached hydrogen (secondary N) is 3. The van der Waals surface area contributed by atoms with E-state index in [1.807, 2.05) is 42.5 Å². The fraction of sp³-hybridized carbons (Fsp3) is 0.545. The van der Waals surface area contributed by atoms with Crippen LogP contribution >= 0.6 is 0 Å². The molecule has 6 amide bonds. The van der Waals surface area contributed by atoms with Crippen LogP contribution in [-0.4, -0.2) is 99.0 Å². The number of fused-ring (bicyclic) bond motifs is 3. The summed E-state index contributed by atoms with van der Waals surface area (Å²) in [7, 11) is 0. The molecular formula is C44H55FN6O8. The molecule has 15 heteroatoms. The van der Waals surface area contributed by atoms with Gasteiger partial charge in [-0.25, -0.2) is 14.0 Å². The van der Waals surface area contributed by atoms with E-state index < -0.39 is 65.2 Å². The van der Waals surface area contributed by atoms with Gasteiger partial charge < -0.3 is 35.2 Å². The van der Waals surface area contributed by atoms with Crippen LogP contribution in [0.2, 0.25) is 0 Å². The maximum atomic E-state index is 14.7. The lowest BCUT2D eigenvalue weighted by Gasteiger charge is -2.32. The van der Waals surface area contributed by atoms with Crippen LogP contribution in [0.4, 0.5) is 14.0 Å². The fourth-order valence-electron chi connectivity index (χ4n) is 8.77. The van der Waals surface area contributed by atoms with E-state index in [1.165, 1.54) is 15.9 Å². The van der Waals surface area contributed by atoms with E-state index in [2.05, 4.69) is 16.0 Å². The van der Waals surface area contributed by atoms with Gasteiger partial charge >= 0.3 is 12.2 Å². The van der Waals surface area contributed by atoms with Gasteiger partial charge in [-0.05, 0) is 76.5 Å². The average Bonchev–Trinajstić information content (AvgIpc) is 3.61. The smallest absolute Gasteiger partial charge is 0.410 e. The molecule has 2 aromatic rings. The summed E-state index contributed by atoms with van der Waals surface area (Å²) >= 11 is 0. The van der Waals surface area contributed by atoms with Crippen molar-refractivity contribution < 1.29 is 42.6 Å². The zero-order valence-corrected chi connectivity index (χ0v) is 34.0. The number of hydrogen-bond acceptors (Lipinski definition) is 8. The lowest BCUT2D eigenvalue weighted by molar-refractivity contribution is -0.145. The first-order valence-electron chi connectivity index (χ1n) is 20.9. The molecule has 59 heavy (non-hydrogen) atoms. The van der Waals surface area contributed by atoms with Gasteiger partial charge in [0.25, 0.3) is 0 Å². The van der Waals surface area contributed by atoms with Crippen LogP contribution < -0.4 is 16.0 Å². The first-order chi connectivity index (χ1) is 28.2. The molecule has 3 N–H and O–H groups in total. The van der Waals surface area contributed by atoms with Crippen molar-refractivity contribution in [2.24, 2.45) is 5.92 Å². The number of benzene rings is 2. The van der Waals surface area contributed by atoms with Crippen LogP contribution in [0.5, 0.6) is 0 Å². The van der Waals surface area contributed by atoms with Gasteiger partial charge in [0.2, 0.25) is 23.6 Å². The number of allylic oxidation sites excluding steroid dienone is 1. The summed E-state index contributed by atoms with van der Waals surface area (Å²) < 4.78 is 26.0. The number of hydrogen-bond donors (Lipinski definition) is 3. The number of carbonyl (C=O) groups excluding carboxylic acids is 6. The zero-order chi connectivity index (χ0) is 41.9. The second-order valence-electron chi connectivity index (χ2n) is 17.4. The van der Waals surface area contributed by atoms with Crippen molar-refractivity contribution in [3.63, 3.8) is 0 Å². The molecule has 7 rings (SSSR count). The molecule has 0 bridgehead atoms. The zero-order valence-electron chi connectivity index (χ0n) is 34.0. The Bertz CT molecular complexity index is 1970. The highest BCUT2D eigenvalue weighted by atomic mass is 19.1. The molecule has 3 fully saturated rings. The van der Waals surface area contributed by atoms with Gasteiger partial charge in [-0.1, -0.05) is 67.5 Å². The number of halogens is 1. The van der Waals surface area contributed by atoms with Crippen LogP contribution in [0.25, 0.3) is 0 Å². The second-order valence-corrected chi connectivity index (χ2v) is 17.4. The first-order valence-corrected chi connectivity index (χ1v) is 20.9. The van der Waals surface area contributed by atoms with Gasteiger partial charge in [0.05, 0.1) is 13.1 Å². The second kappa shape index (κ2) is 17.4. The molecular weight excluding hydrogens is 760 g/mol. The van der Waals surface area contributed by atoms with Crippen LogP contribution in [0, 0.1) is 11.7 Å². The lowest BCUT2D eigenvalue weighted by atomic mass is 10.0. The highest BCUT2D eigenvalue weighted by Crippen LogP contribution is 2.47. The number of likely N-dealkylation sites (tertiary alicyclic amines) is 1. The summed E-state index contributed by atoms with van der Waals surface area (Å²) in [5, 5.41) is 8.74. The minimum absolute atomic E-state index is 0.0172. The minimum atomic E-state index is -1.35. The minimum Gasteiger partial charge on any atom is -0.444 e. The summed E-state index contributed by atoms with van der Waals surface area (Å²) in [6.45, 7) is 5.83. The molecule has 1 saturated carbocycles. The molecule has 0 spiro atoms. The third-order valence-electron chi connectivity index (χ3n) is 11.9. The van der Waals surface area contributed by atoms with Crippen molar-refractivity contribution in [2.45, 2.75) is 134 Å². The summed E-state index contributed by atoms with van der Waals surface area (Å²) in [5.41, 5.74) is -0.168. The molecule has 1 aliphatic carbocycles. The van der Waals surface area contributed by atoms with Gasteiger partial charge in [-0.3, -0.25) is 24.1 Å². The summed E-state index contributed by atoms with van der Waals surface area (Å²) in [5.74, 6) is -2.52. The topological polar surface area (TPSA) is 167 Å². The molecule has 0 radical (unpaired) electrons. The van der Waals surface area contributed by atoms with E-state index >= 15 is 0 Å².